The molecule has 2 amide bonds. The number of carbonyl (C=O) groups excluding carboxylic acids is 2. The Morgan fingerprint density at radius 2 is 1.62 bits per heavy atom. The van der Waals surface area contributed by atoms with E-state index in [1.165, 1.54) is 12.1 Å². The van der Waals surface area contributed by atoms with Crippen molar-refractivity contribution < 1.29 is 28.6 Å². The molecule has 0 spiro atoms. The summed E-state index contributed by atoms with van der Waals surface area (Å²) in [5.74, 6) is 0.0933. The first-order chi connectivity index (χ1) is 18.0. The van der Waals surface area contributed by atoms with Crippen LogP contribution in [0.3, 0.4) is 0 Å². The van der Waals surface area contributed by atoms with Gasteiger partial charge in [0, 0.05) is 18.5 Å². The molecule has 3 N–H and O–H groups in total. The Labute approximate surface area is 214 Å². The van der Waals surface area contributed by atoms with Gasteiger partial charge in [-0.25, -0.2) is 4.39 Å². The summed E-state index contributed by atoms with van der Waals surface area (Å²) in [7, 11) is 0. The molecule has 1 aliphatic carbocycles. The molecular formula is C29H29FN2O5. The second-order valence-corrected chi connectivity index (χ2v) is 8.63. The predicted molar refractivity (Wildman–Crippen MR) is 138 cm³/mol. The summed E-state index contributed by atoms with van der Waals surface area (Å²) < 4.78 is 24.5. The average Bonchev–Trinajstić information content (AvgIpc) is 3.73. The molecule has 0 unspecified atom stereocenters. The standard InChI is InChI=1S/C29H29FN2O5/c30-23-7-1-20(2-8-23)15-18-36-24-11-5-22(6-12-24)28(34)32-27(29(35)31-16-17-33)19-21-3-9-25(10-4-21)37-26-13-14-26/h1-12,19,26,33H,13-18H2,(H,31,35)(H,32,34). The number of benzene rings is 3. The molecule has 0 aliphatic heterocycles. The maximum absolute atomic E-state index is 13.0. The van der Waals surface area contributed by atoms with Gasteiger partial charge in [-0.2, -0.15) is 0 Å². The van der Waals surface area contributed by atoms with Crippen molar-refractivity contribution in [1.82, 2.24) is 10.6 Å². The zero-order valence-corrected chi connectivity index (χ0v) is 20.3. The second-order valence-electron chi connectivity index (χ2n) is 8.63. The number of hydrogen-bond donors (Lipinski definition) is 3. The van der Waals surface area contributed by atoms with Gasteiger partial charge in [-0.05, 0) is 78.6 Å². The van der Waals surface area contributed by atoms with Gasteiger partial charge in [0.15, 0.2) is 0 Å². The van der Waals surface area contributed by atoms with Crippen molar-refractivity contribution in [2.24, 2.45) is 0 Å². The van der Waals surface area contributed by atoms with E-state index in [2.05, 4.69) is 10.6 Å². The van der Waals surface area contributed by atoms with Crippen LogP contribution >= 0.6 is 0 Å². The summed E-state index contributed by atoms with van der Waals surface area (Å²) in [6, 6.07) is 20.1. The molecule has 192 valence electrons. The number of rotatable bonds is 12. The second kappa shape index (κ2) is 12.7. The van der Waals surface area contributed by atoms with Gasteiger partial charge in [-0.1, -0.05) is 24.3 Å². The summed E-state index contributed by atoms with van der Waals surface area (Å²) >= 11 is 0. The Balaban J connectivity index is 1.37. The van der Waals surface area contributed by atoms with Gasteiger partial charge >= 0.3 is 0 Å². The molecule has 3 aromatic rings. The largest absolute Gasteiger partial charge is 0.493 e. The van der Waals surface area contributed by atoms with Crippen LogP contribution in [0.15, 0.2) is 78.5 Å². The topological polar surface area (TPSA) is 96.9 Å². The molecule has 0 bridgehead atoms. The Bertz CT molecular complexity index is 1220. The molecule has 1 fully saturated rings. The van der Waals surface area contributed by atoms with E-state index in [4.69, 9.17) is 14.6 Å². The fourth-order valence-electron chi connectivity index (χ4n) is 3.45. The number of halogens is 1. The number of aliphatic hydroxyl groups is 1. The molecular weight excluding hydrogens is 475 g/mol. The zero-order valence-electron chi connectivity index (χ0n) is 20.3. The molecule has 0 atom stereocenters. The molecule has 1 aliphatic rings. The quantitative estimate of drug-likeness (QED) is 0.326. The summed E-state index contributed by atoms with van der Waals surface area (Å²) in [6.45, 7) is 0.243. The number of aliphatic hydroxyl groups excluding tert-OH is 1. The van der Waals surface area contributed by atoms with Crippen LogP contribution in [0.2, 0.25) is 0 Å². The van der Waals surface area contributed by atoms with Crippen LogP contribution in [-0.2, 0) is 11.2 Å². The van der Waals surface area contributed by atoms with Crippen LogP contribution in [0.25, 0.3) is 6.08 Å². The molecule has 4 rings (SSSR count). The third-order valence-corrected chi connectivity index (χ3v) is 5.60. The Morgan fingerprint density at radius 3 is 2.27 bits per heavy atom. The third kappa shape index (κ3) is 8.18. The first-order valence-corrected chi connectivity index (χ1v) is 12.2. The van der Waals surface area contributed by atoms with Crippen molar-refractivity contribution >= 4 is 17.9 Å². The lowest BCUT2D eigenvalue weighted by Gasteiger charge is -2.12. The summed E-state index contributed by atoms with van der Waals surface area (Å²) in [5.41, 5.74) is 2.07. The van der Waals surface area contributed by atoms with Crippen LogP contribution in [0.5, 0.6) is 11.5 Å². The first kappa shape index (κ1) is 25.9. The van der Waals surface area contributed by atoms with Crippen LogP contribution in [0.4, 0.5) is 4.39 Å². The molecule has 7 nitrogen and oxygen atoms in total. The van der Waals surface area contributed by atoms with Crippen molar-refractivity contribution in [2.75, 3.05) is 19.8 Å². The summed E-state index contributed by atoms with van der Waals surface area (Å²) in [4.78, 5) is 25.5. The molecule has 0 saturated heterocycles. The maximum Gasteiger partial charge on any atom is 0.267 e. The maximum atomic E-state index is 13.0. The van der Waals surface area contributed by atoms with Crippen LogP contribution in [-0.4, -0.2) is 42.8 Å². The minimum atomic E-state index is -0.513. The fraction of sp³-hybridized carbons (Fsp3) is 0.241. The highest BCUT2D eigenvalue weighted by Gasteiger charge is 2.23. The van der Waals surface area contributed by atoms with Gasteiger partial charge in [0.1, 0.15) is 23.0 Å². The molecule has 0 radical (unpaired) electrons. The van der Waals surface area contributed by atoms with Crippen molar-refractivity contribution in [2.45, 2.75) is 25.4 Å². The van der Waals surface area contributed by atoms with E-state index in [1.807, 2.05) is 12.1 Å². The van der Waals surface area contributed by atoms with Gasteiger partial charge in [0.25, 0.3) is 11.8 Å². The summed E-state index contributed by atoms with van der Waals surface area (Å²) in [5, 5.41) is 14.3. The SMILES string of the molecule is O=C(NCCO)C(=Cc1ccc(OC2CC2)cc1)NC(=O)c1ccc(OCCc2ccc(F)cc2)cc1. The van der Waals surface area contributed by atoms with Crippen molar-refractivity contribution in [3.05, 3.63) is 101 Å². The lowest BCUT2D eigenvalue weighted by molar-refractivity contribution is -0.117. The predicted octanol–water partition coefficient (Wildman–Crippen LogP) is 3.87. The average molecular weight is 505 g/mol. The highest BCUT2D eigenvalue weighted by molar-refractivity contribution is 6.05. The molecule has 3 aromatic carbocycles. The van der Waals surface area contributed by atoms with Crippen molar-refractivity contribution in [3.8, 4) is 11.5 Å². The third-order valence-electron chi connectivity index (χ3n) is 5.60. The van der Waals surface area contributed by atoms with Gasteiger partial charge in [0.2, 0.25) is 0 Å². The number of amides is 2. The smallest absolute Gasteiger partial charge is 0.267 e. The van der Waals surface area contributed by atoms with E-state index in [9.17, 15) is 14.0 Å². The van der Waals surface area contributed by atoms with Crippen LogP contribution in [0, 0.1) is 5.82 Å². The lowest BCUT2D eigenvalue weighted by Crippen LogP contribution is -2.36. The normalized spacial score (nSPS) is 13.1. The number of nitrogens with one attached hydrogen (secondary N) is 2. The van der Waals surface area contributed by atoms with Crippen LogP contribution < -0.4 is 20.1 Å². The Morgan fingerprint density at radius 1 is 0.946 bits per heavy atom. The van der Waals surface area contributed by atoms with Crippen molar-refractivity contribution in [1.29, 1.82) is 0 Å². The van der Waals surface area contributed by atoms with E-state index in [-0.39, 0.29) is 30.8 Å². The van der Waals surface area contributed by atoms with Gasteiger partial charge < -0.3 is 25.2 Å². The minimum Gasteiger partial charge on any atom is -0.493 e. The molecule has 8 heteroatoms. The number of carbonyl (C=O) groups is 2. The zero-order chi connectivity index (χ0) is 26.0. The molecule has 1 saturated carbocycles. The first-order valence-electron chi connectivity index (χ1n) is 12.2. The van der Waals surface area contributed by atoms with E-state index < -0.39 is 11.8 Å². The van der Waals surface area contributed by atoms with E-state index in [1.54, 1.807) is 54.6 Å². The van der Waals surface area contributed by atoms with Crippen molar-refractivity contribution in [3.63, 3.8) is 0 Å². The monoisotopic (exact) mass is 504 g/mol. The highest BCUT2D eigenvalue weighted by Crippen LogP contribution is 2.27. The van der Waals surface area contributed by atoms with Gasteiger partial charge in [-0.15, -0.1) is 0 Å². The van der Waals surface area contributed by atoms with Gasteiger partial charge in [-0.3, -0.25) is 9.59 Å². The Kier molecular flexibility index (Phi) is 8.89. The van der Waals surface area contributed by atoms with E-state index >= 15 is 0 Å². The van der Waals surface area contributed by atoms with Gasteiger partial charge in [0.05, 0.1) is 19.3 Å². The Hall–Kier alpha value is -4.17. The highest BCUT2D eigenvalue weighted by atomic mass is 19.1. The number of hydrogen-bond acceptors (Lipinski definition) is 5. The van der Waals surface area contributed by atoms with Crippen LogP contribution in [0.1, 0.15) is 34.3 Å². The van der Waals surface area contributed by atoms with E-state index in [0.717, 1.165) is 24.2 Å². The summed E-state index contributed by atoms with van der Waals surface area (Å²) in [6.07, 6.45) is 4.59. The molecule has 0 heterocycles. The fourth-order valence-corrected chi connectivity index (χ4v) is 3.45. The number of ether oxygens (including phenoxy) is 2. The van der Waals surface area contributed by atoms with E-state index in [0.29, 0.717) is 29.9 Å². The lowest BCUT2D eigenvalue weighted by atomic mass is 10.1. The molecule has 0 aromatic heterocycles. The minimum absolute atomic E-state index is 0.0499. The molecule has 37 heavy (non-hydrogen) atoms.